The molecular formula is C17H14S. The van der Waals surface area contributed by atoms with Crippen LogP contribution in [0.15, 0.2) is 48.6 Å². The van der Waals surface area contributed by atoms with E-state index in [4.69, 9.17) is 0 Å². The lowest BCUT2D eigenvalue weighted by molar-refractivity contribution is 0.705. The monoisotopic (exact) mass is 250 g/mol. The molecule has 0 saturated heterocycles. The number of benzene rings is 1. The summed E-state index contributed by atoms with van der Waals surface area (Å²) < 4.78 is 1.42. The second-order valence-electron chi connectivity index (χ2n) is 5.11. The molecule has 0 aliphatic heterocycles. The minimum absolute atomic E-state index is 0.549. The van der Waals surface area contributed by atoms with Crippen LogP contribution in [0, 0.1) is 12.8 Å². The molecule has 0 fully saturated rings. The molecule has 1 aromatic heterocycles. The average Bonchev–Trinajstić information content (AvgIpc) is 2.76. The summed E-state index contributed by atoms with van der Waals surface area (Å²) in [5.41, 5.74) is 2.79. The Morgan fingerprint density at radius 3 is 2.89 bits per heavy atom. The zero-order chi connectivity index (χ0) is 12.1. The second kappa shape index (κ2) is 3.69. The van der Waals surface area contributed by atoms with Crippen LogP contribution in [-0.4, -0.2) is 0 Å². The zero-order valence-electron chi connectivity index (χ0n) is 10.3. The van der Waals surface area contributed by atoms with Gasteiger partial charge in [-0.15, -0.1) is 11.3 Å². The molecule has 0 N–H and O–H groups in total. The van der Waals surface area contributed by atoms with Gasteiger partial charge in [0.1, 0.15) is 0 Å². The topological polar surface area (TPSA) is 0 Å². The van der Waals surface area contributed by atoms with Crippen molar-refractivity contribution >= 4 is 27.5 Å². The highest BCUT2D eigenvalue weighted by Gasteiger charge is 2.26. The van der Waals surface area contributed by atoms with Crippen molar-refractivity contribution in [2.45, 2.75) is 12.8 Å². The zero-order valence-corrected chi connectivity index (χ0v) is 11.1. The Morgan fingerprint density at radius 1 is 1.06 bits per heavy atom. The molecule has 0 amide bonds. The van der Waals surface area contributed by atoms with Crippen molar-refractivity contribution in [2.24, 2.45) is 5.92 Å². The van der Waals surface area contributed by atoms with Crippen molar-refractivity contribution in [2.75, 3.05) is 0 Å². The number of thiophene rings is 1. The summed E-state index contributed by atoms with van der Waals surface area (Å²) in [6.07, 6.45) is 13.6. The first-order valence-electron chi connectivity index (χ1n) is 6.39. The van der Waals surface area contributed by atoms with Crippen LogP contribution in [0.3, 0.4) is 0 Å². The summed E-state index contributed by atoms with van der Waals surface area (Å²) in [4.78, 5) is 1.53. The molecule has 1 aromatic carbocycles. The van der Waals surface area contributed by atoms with Gasteiger partial charge in [-0.1, -0.05) is 48.6 Å². The van der Waals surface area contributed by atoms with Gasteiger partial charge >= 0.3 is 0 Å². The van der Waals surface area contributed by atoms with Crippen LogP contribution >= 0.6 is 11.3 Å². The Balaban J connectivity index is 1.99. The maximum atomic E-state index is 2.35. The van der Waals surface area contributed by atoms with E-state index in [1.165, 1.54) is 26.1 Å². The lowest BCUT2D eigenvalue weighted by Crippen LogP contribution is -2.11. The van der Waals surface area contributed by atoms with Gasteiger partial charge < -0.3 is 0 Å². The predicted molar refractivity (Wildman–Crippen MR) is 80.1 cm³/mol. The smallest absolute Gasteiger partial charge is 0.0354 e. The molecule has 88 valence electrons. The maximum absolute atomic E-state index is 2.35. The molecule has 4 rings (SSSR count). The Kier molecular flexibility index (Phi) is 2.12. The summed E-state index contributed by atoms with van der Waals surface area (Å²) in [5, 5.41) is 1.42. The van der Waals surface area contributed by atoms with Gasteiger partial charge in [0.2, 0.25) is 0 Å². The van der Waals surface area contributed by atoms with Gasteiger partial charge in [0.25, 0.3) is 0 Å². The minimum Gasteiger partial charge on any atom is -0.139 e. The number of allylic oxidation sites excluding steroid dienone is 5. The van der Waals surface area contributed by atoms with Crippen molar-refractivity contribution in [3.05, 3.63) is 64.6 Å². The predicted octanol–water partition coefficient (Wildman–Crippen LogP) is 5.06. The molecule has 2 aliphatic rings. The van der Waals surface area contributed by atoms with Gasteiger partial charge in [0.05, 0.1) is 0 Å². The van der Waals surface area contributed by atoms with E-state index < -0.39 is 0 Å². The van der Waals surface area contributed by atoms with Gasteiger partial charge in [0.15, 0.2) is 0 Å². The van der Waals surface area contributed by atoms with Gasteiger partial charge in [0, 0.05) is 21.4 Å². The second-order valence-corrected chi connectivity index (χ2v) is 6.20. The molecule has 1 heterocycles. The largest absolute Gasteiger partial charge is 0.139 e. The fourth-order valence-electron chi connectivity index (χ4n) is 2.94. The van der Waals surface area contributed by atoms with Crippen LogP contribution in [0.5, 0.6) is 0 Å². The molecule has 0 saturated carbocycles. The van der Waals surface area contributed by atoms with Crippen LogP contribution in [0.25, 0.3) is 16.2 Å². The van der Waals surface area contributed by atoms with Crippen molar-refractivity contribution in [3.8, 4) is 0 Å². The van der Waals surface area contributed by atoms with Crippen molar-refractivity contribution in [3.63, 3.8) is 0 Å². The quantitative estimate of drug-likeness (QED) is 0.613. The number of hydrogen-bond donors (Lipinski definition) is 0. The lowest BCUT2D eigenvalue weighted by Gasteiger charge is -2.24. The van der Waals surface area contributed by atoms with Crippen LogP contribution < -0.4 is 0 Å². The third-order valence-corrected chi connectivity index (χ3v) is 5.15. The molecule has 0 nitrogen and oxygen atoms in total. The van der Waals surface area contributed by atoms with E-state index in [1.54, 1.807) is 0 Å². The molecule has 2 atom stereocenters. The highest BCUT2D eigenvalue weighted by atomic mass is 32.1. The third-order valence-electron chi connectivity index (χ3n) is 3.88. The average molecular weight is 250 g/mol. The summed E-state index contributed by atoms with van der Waals surface area (Å²) in [5.74, 6) is 1.10. The van der Waals surface area contributed by atoms with E-state index in [-0.39, 0.29) is 0 Å². The first-order valence-corrected chi connectivity index (χ1v) is 7.21. The normalized spacial score (nSPS) is 24.3. The molecule has 2 unspecified atom stereocenters. The number of aryl methyl sites for hydroxylation is 1. The van der Waals surface area contributed by atoms with Gasteiger partial charge in [-0.3, -0.25) is 0 Å². The lowest BCUT2D eigenvalue weighted by atomic mass is 9.81. The fourth-order valence-corrected chi connectivity index (χ4v) is 4.37. The Morgan fingerprint density at radius 2 is 1.94 bits per heavy atom. The van der Waals surface area contributed by atoms with Crippen molar-refractivity contribution in [1.82, 2.24) is 0 Å². The van der Waals surface area contributed by atoms with Crippen LogP contribution in [-0.2, 0) is 0 Å². The van der Waals surface area contributed by atoms with E-state index in [0.717, 1.165) is 0 Å². The third kappa shape index (κ3) is 1.37. The number of hydrogen-bond acceptors (Lipinski definition) is 1. The standard InChI is InChI=1S/C17H14S/c1-11-6-8-14-15-9-7-12-4-2-3-5-13(12)17(15)18-16(14)10-11/h2-10,12-13H,1H3. The van der Waals surface area contributed by atoms with E-state index in [9.17, 15) is 0 Å². The SMILES string of the molecule is Cc1ccc2c3c(sc2c1)C1C=CC=CC1C=C3. The van der Waals surface area contributed by atoms with E-state index in [0.29, 0.717) is 11.8 Å². The van der Waals surface area contributed by atoms with Crippen LogP contribution in [0.2, 0.25) is 0 Å². The van der Waals surface area contributed by atoms with Gasteiger partial charge in [-0.25, -0.2) is 0 Å². The molecule has 0 spiro atoms. The summed E-state index contributed by atoms with van der Waals surface area (Å²) >= 11 is 1.96. The van der Waals surface area contributed by atoms with E-state index in [1.807, 2.05) is 11.3 Å². The molecule has 1 heteroatoms. The number of fused-ring (bicyclic) bond motifs is 5. The summed E-state index contributed by atoms with van der Waals surface area (Å²) in [6.45, 7) is 2.17. The molecule has 18 heavy (non-hydrogen) atoms. The molecule has 0 bridgehead atoms. The Bertz CT molecular complexity index is 713. The summed E-state index contributed by atoms with van der Waals surface area (Å²) in [6, 6.07) is 6.79. The van der Waals surface area contributed by atoms with E-state index in [2.05, 4.69) is 61.6 Å². The molecule has 2 aromatic rings. The summed E-state index contributed by atoms with van der Waals surface area (Å²) in [7, 11) is 0. The first-order chi connectivity index (χ1) is 8.83. The van der Waals surface area contributed by atoms with Gasteiger partial charge in [-0.05, 0) is 29.5 Å². The van der Waals surface area contributed by atoms with Crippen molar-refractivity contribution in [1.29, 1.82) is 0 Å². The fraction of sp³-hybridized carbons (Fsp3) is 0.176. The molecule has 0 radical (unpaired) electrons. The van der Waals surface area contributed by atoms with E-state index >= 15 is 0 Å². The maximum Gasteiger partial charge on any atom is 0.0354 e. The van der Waals surface area contributed by atoms with Crippen LogP contribution in [0.4, 0.5) is 0 Å². The first kappa shape index (κ1) is 10.3. The highest BCUT2D eigenvalue weighted by molar-refractivity contribution is 7.19. The minimum atomic E-state index is 0.549. The Labute approximate surface area is 111 Å². The van der Waals surface area contributed by atoms with Crippen molar-refractivity contribution < 1.29 is 0 Å². The van der Waals surface area contributed by atoms with Gasteiger partial charge in [-0.2, -0.15) is 0 Å². The Hall–Kier alpha value is -1.60. The molecular weight excluding hydrogens is 236 g/mol. The molecule has 2 aliphatic carbocycles. The highest BCUT2D eigenvalue weighted by Crippen LogP contribution is 2.45. The number of rotatable bonds is 0. The van der Waals surface area contributed by atoms with Crippen LogP contribution in [0.1, 0.15) is 21.9 Å².